The lowest BCUT2D eigenvalue weighted by atomic mass is 10.3. The van der Waals surface area contributed by atoms with Gasteiger partial charge in [0.15, 0.2) is 5.16 Å². The van der Waals surface area contributed by atoms with Crippen molar-refractivity contribution in [3.63, 3.8) is 0 Å². The Hall–Kier alpha value is -1.29. The highest BCUT2D eigenvalue weighted by Gasteiger charge is 2.11. The van der Waals surface area contributed by atoms with Crippen LogP contribution in [-0.4, -0.2) is 20.5 Å². The van der Waals surface area contributed by atoms with Crippen LogP contribution < -0.4 is 0 Å². The summed E-state index contributed by atoms with van der Waals surface area (Å²) < 4.78 is 2.13. The van der Waals surface area contributed by atoms with Gasteiger partial charge in [-0.1, -0.05) is 43.8 Å². The summed E-state index contributed by atoms with van der Waals surface area (Å²) in [6.45, 7) is 4.23. The molecule has 0 saturated heterocycles. The van der Waals surface area contributed by atoms with E-state index < -0.39 is 0 Å². The van der Waals surface area contributed by atoms with Crippen molar-refractivity contribution in [2.24, 2.45) is 0 Å². The molecule has 0 N–H and O–H groups in total. The van der Waals surface area contributed by atoms with Crippen LogP contribution in [0.1, 0.15) is 19.7 Å². The molecule has 0 aliphatic heterocycles. The number of nitrogens with zero attached hydrogens (tertiary/aromatic N) is 3. The lowest BCUT2D eigenvalue weighted by molar-refractivity contribution is 0.837. The Morgan fingerprint density at radius 3 is 2.50 bits per heavy atom. The number of aromatic nitrogens is 3. The molecule has 2 rings (SSSR count). The standard InChI is InChI=1S/C12H15N3S/c1-3-11-13-14-12(16-4-2)15(11)10-8-6-5-7-9-10/h5-9H,3-4H2,1-2H3. The fourth-order valence-corrected chi connectivity index (χ4v) is 2.28. The smallest absolute Gasteiger partial charge is 0.195 e. The maximum Gasteiger partial charge on any atom is 0.195 e. The van der Waals surface area contributed by atoms with Gasteiger partial charge in [-0.3, -0.25) is 4.57 Å². The summed E-state index contributed by atoms with van der Waals surface area (Å²) >= 11 is 1.72. The van der Waals surface area contributed by atoms with E-state index in [0.717, 1.165) is 28.8 Å². The van der Waals surface area contributed by atoms with Crippen LogP contribution in [0, 0.1) is 0 Å². The van der Waals surface area contributed by atoms with Crippen LogP contribution in [0.4, 0.5) is 0 Å². The Morgan fingerprint density at radius 1 is 1.12 bits per heavy atom. The lowest BCUT2D eigenvalue weighted by Crippen LogP contribution is -2.01. The fraction of sp³-hybridized carbons (Fsp3) is 0.333. The minimum atomic E-state index is 0.895. The van der Waals surface area contributed by atoms with Crippen molar-refractivity contribution in [2.75, 3.05) is 5.75 Å². The molecular weight excluding hydrogens is 218 g/mol. The molecule has 3 nitrogen and oxygen atoms in total. The van der Waals surface area contributed by atoms with Gasteiger partial charge in [0.2, 0.25) is 0 Å². The van der Waals surface area contributed by atoms with Crippen LogP contribution in [0.5, 0.6) is 0 Å². The lowest BCUT2D eigenvalue weighted by Gasteiger charge is -2.08. The van der Waals surface area contributed by atoms with Gasteiger partial charge in [0, 0.05) is 12.1 Å². The molecule has 0 aliphatic rings. The summed E-state index contributed by atoms with van der Waals surface area (Å²) in [5.74, 6) is 2.02. The third-order valence-corrected chi connectivity index (χ3v) is 3.12. The topological polar surface area (TPSA) is 30.7 Å². The molecule has 0 amide bonds. The van der Waals surface area contributed by atoms with E-state index in [9.17, 15) is 0 Å². The maximum absolute atomic E-state index is 4.23. The van der Waals surface area contributed by atoms with Crippen molar-refractivity contribution in [3.05, 3.63) is 36.2 Å². The third-order valence-electron chi connectivity index (χ3n) is 2.30. The second-order valence-electron chi connectivity index (χ2n) is 3.36. The monoisotopic (exact) mass is 233 g/mol. The van der Waals surface area contributed by atoms with E-state index in [1.807, 2.05) is 18.2 Å². The Labute approximate surface area is 99.9 Å². The summed E-state index contributed by atoms with van der Waals surface area (Å²) in [6.07, 6.45) is 0.895. The molecule has 1 heterocycles. The molecule has 2 aromatic rings. The van der Waals surface area contributed by atoms with Gasteiger partial charge in [-0.15, -0.1) is 10.2 Å². The average Bonchev–Trinajstić information content (AvgIpc) is 2.74. The van der Waals surface area contributed by atoms with Gasteiger partial charge in [0.25, 0.3) is 0 Å². The minimum absolute atomic E-state index is 0.895. The number of para-hydroxylation sites is 1. The SMILES string of the molecule is CCSc1nnc(CC)n1-c1ccccc1. The molecule has 0 fully saturated rings. The molecule has 1 aromatic heterocycles. The van der Waals surface area contributed by atoms with E-state index >= 15 is 0 Å². The van der Waals surface area contributed by atoms with Crippen LogP contribution in [0.15, 0.2) is 35.5 Å². The molecule has 0 saturated carbocycles. The van der Waals surface area contributed by atoms with Gasteiger partial charge in [0.05, 0.1) is 0 Å². The Morgan fingerprint density at radius 2 is 1.88 bits per heavy atom. The molecule has 0 bridgehead atoms. The third kappa shape index (κ3) is 2.11. The van der Waals surface area contributed by atoms with Gasteiger partial charge in [-0.05, 0) is 17.9 Å². The quantitative estimate of drug-likeness (QED) is 0.761. The van der Waals surface area contributed by atoms with E-state index in [0.29, 0.717) is 0 Å². The summed E-state index contributed by atoms with van der Waals surface area (Å²) in [5, 5.41) is 9.43. The van der Waals surface area contributed by atoms with Gasteiger partial charge in [-0.25, -0.2) is 0 Å². The Balaban J connectivity index is 2.48. The molecule has 0 aliphatic carbocycles. The fourth-order valence-electron chi connectivity index (χ4n) is 1.59. The second kappa shape index (κ2) is 5.16. The Bertz CT molecular complexity index is 451. The largest absolute Gasteiger partial charge is 0.274 e. The first kappa shape index (κ1) is 11.2. The van der Waals surface area contributed by atoms with Crippen LogP contribution in [-0.2, 0) is 6.42 Å². The van der Waals surface area contributed by atoms with Crippen LogP contribution >= 0.6 is 11.8 Å². The highest BCUT2D eigenvalue weighted by atomic mass is 32.2. The first-order valence-corrected chi connectivity index (χ1v) is 6.47. The molecule has 4 heteroatoms. The number of aryl methyl sites for hydroxylation is 1. The van der Waals surface area contributed by atoms with Crippen molar-refractivity contribution in [1.82, 2.24) is 14.8 Å². The predicted molar refractivity (Wildman–Crippen MR) is 67.1 cm³/mol. The highest BCUT2D eigenvalue weighted by Crippen LogP contribution is 2.21. The van der Waals surface area contributed by atoms with E-state index in [1.165, 1.54) is 0 Å². The van der Waals surface area contributed by atoms with Gasteiger partial charge >= 0.3 is 0 Å². The molecule has 0 unspecified atom stereocenters. The van der Waals surface area contributed by atoms with Gasteiger partial charge in [-0.2, -0.15) is 0 Å². The van der Waals surface area contributed by atoms with Crippen LogP contribution in [0.25, 0.3) is 5.69 Å². The maximum atomic E-state index is 4.23. The Kier molecular flexibility index (Phi) is 3.62. The van der Waals surface area contributed by atoms with Crippen molar-refractivity contribution in [3.8, 4) is 5.69 Å². The molecule has 0 atom stereocenters. The van der Waals surface area contributed by atoms with Crippen molar-refractivity contribution < 1.29 is 0 Å². The first-order chi connectivity index (χ1) is 7.86. The number of hydrogen-bond donors (Lipinski definition) is 0. The summed E-state index contributed by atoms with van der Waals surface area (Å²) in [7, 11) is 0. The number of rotatable bonds is 4. The van der Waals surface area contributed by atoms with E-state index in [2.05, 4.69) is 40.7 Å². The number of benzene rings is 1. The van der Waals surface area contributed by atoms with Gasteiger partial charge < -0.3 is 0 Å². The molecular formula is C12H15N3S. The van der Waals surface area contributed by atoms with Crippen LogP contribution in [0.3, 0.4) is 0 Å². The molecule has 0 radical (unpaired) electrons. The molecule has 1 aromatic carbocycles. The molecule has 0 spiro atoms. The van der Waals surface area contributed by atoms with Crippen molar-refractivity contribution in [1.29, 1.82) is 0 Å². The highest BCUT2D eigenvalue weighted by molar-refractivity contribution is 7.99. The van der Waals surface area contributed by atoms with E-state index in [-0.39, 0.29) is 0 Å². The number of hydrogen-bond acceptors (Lipinski definition) is 3. The predicted octanol–water partition coefficient (Wildman–Crippen LogP) is 2.94. The average molecular weight is 233 g/mol. The van der Waals surface area contributed by atoms with Gasteiger partial charge in [0.1, 0.15) is 5.82 Å². The zero-order chi connectivity index (χ0) is 11.4. The summed E-state index contributed by atoms with van der Waals surface area (Å²) in [6, 6.07) is 10.3. The molecule has 16 heavy (non-hydrogen) atoms. The zero-order valence-corrected chi connectivity index (χ0v) is 10.4. The minimum Gasteiger partial charge on any atom is -0.274 e. The molecule has 84 valence electrons. The van der Waals surface area contributed by atoms with Crippen molar-refractivity contribution in [2.45, 2.75) is 25.4 Å². The van der Waals surface area contributed by atoms with Crippen molar-refractivity contribution >= 4 is 11.8 Å². The normalized spacial score (nSPS) is 10.6. The van der Waals surface area contributed by atoms with E-state index in [4.69, 9.17) is 0 Å². The van der Waals surface area contributed by atoms with Crippen LogP contribution in [0.2, 0.25) is 0 Å². The number of thioether (sulfide) groups is 1. The zero-order valence-electron chi connectivity index (χ0n) is 9.55. The van der Waals surface area contributed by atoms with E-state index in [1.54, 1.807) is 11.8 Å². The first-order valence-electron chi connectivity index (χ1n) is 5.49. The summed E-state index contributed by atoms with van der Waals surface area (Å²) in [5.41, 5.74) is 1.14. The summed E-state index contributed by atoms with van der Waals surface area (Å²) in [4.78, 5) is 0. The second-order valence-corrected chi connectivity index (χ2v) is 4.59.